The Labute approximate surface area is 153 Å². The molecule has 2 fully saturated rings. The Bertz CT molecular complexity index is 958. The lowest BCUT2D eigenvalue weighted by atomic mass is 10.0. The summed E-state index contributed by atoms with van der Waals surface area (Å²) < 4.78 is 32.8. The van der Waals surface area contributed by atoms with Crippen LogP contribution in [-0.2, 0) is 4.79 Å². The minimum absolute atomic E-state index is 0.00426. The van der Waals surface area contributed by atoms with Crippen LogP contribution in [0.1, 0.15) is 19.3 Å². The van der Waals surface area contributed by atoms with Gasteiger partial charge >= 0.3 is 0 Å². The Hall–Kier alpha value is -2.97. The zero-order chi connectivity index (χ0) is 19.2. The van der Waals surface area contributed by atoms with Crippen LogP contribution in [0.3, 0.4) is 0 Å². The van der Waals surface area contributed by atoms with Gasteiger partial charge in [-0.05, 0) is 36.8 Å². The maximum absolute atomic E-state index is 14.2. The second-order valence-electron chi connectivity index (χ2n) is 7.08. The first-order valence-corrected chi connectivity index (χ1v) is 8.57. The number of anilines is 2. The molecule has 2 N–H and O–H groups in total. The van der Waals surface area contributed by atoms with Gasteiger partial charge in [-0.25, -0.2) is 9.49 Å². The number of methoxy groups -OCH3 is 1. The van der Waals surface area contributed by atoms with Crippen LogP contribution in [-0.4, -0.2) is 35.8 Å². The van der Waals surface area contributed by atoms with Crippen LogP contribution in [0.15, 0.2) is 29.2 Å². The van der Waals surface area contributed by atoms with Crippen molar-refractivity contribution in [3.05, 3.63) is 46.4 Å². The molecular formula is C18H18F2N4O3. The van der Waals surface area contributed by atoms with Crippen molar-refractivity contribution >= 4 is 17.3 Å². The molecule has 7 nitrogen and oxygen atoms in total. The molecule has 2 aliphatic rings. The van der Waals surface area contributed by atoms with E-state index >= 15 is 0 Å². The van der Waals surface area contributed by atoms with Crippen LogP contribution in [0.5, 0.6) is 5.75 Å². The van der Waals surface area contributed by atoms with E-state index in [2.05, 4.69) is 15.5 Å². The number of hydrogen-bond acceptors (Lipinski definition) is 5. The normalized spacial score (nSPS) is 20.0. The molecule has 4 rings (SSSR count). The molecule has 9 heteroatoms. The molecule has 1 aliphatic carbocycles. The van der Waals surface area contributed by atoms with Gasteiger partial charge in [0.05, 0.1) is 24.7 Å². The molecular weight excluding hydrogens is 358 g/mol. The maximum atomic E-state index is 14.2. The van der Waals surface area contributed by atoms with Crippen LogP contribution in [0, 0.1) is 17.0 Å². The first-order valence-electron chi connectivity index (χ1n) is 8.57. The van der Waals surface area contributed by atoms with Gasteiger partial charge in [0.15, 0.2) is 11.6 Å². The molecule has 1 atom stereocenters. The molecule has 142 valence electrons. The first-order chi connectivity index (χ1) is 12.9. The van der Waals surface area contributed by atoms with Gasteiger partial charge in [-0.3, -0.25) is 9.59 Å². The number of benzene rings is 1. The number of carbonyl (C=O) groups is 1. The molecule has 0 radical (unpaired) electrons. The van der Waals surface area contributed by atoms with Gasteiger partial charge in [0.2, 0.25) is 11.7 Å². The van der Waals surface area contributed by atoms with E-state index in [1.807, 2.05) is 0 Å². The van der Waals surface area contributed by atoms with Crippen molar-refractivity contribution in [2.75, 3.05) is 23.9 Å². The Balaban J connectivity index is 1.66. The molecule has 0 bridgehead atoms. The van der Waals surface area contributed by atoms with Crippen molar-refractivity contribution in [3.8, 4) is 5.75 Å². The van der Waals surface area contributed by atoms with Gasteiger partial charge < -0.3 is 15.0 Å². The monoisotopic (exact) mass is 376 g/mol. The first kappa shape index (κ1) is 17.4. The minimum Gasteiger partial charge on any atom is -0.491 e. The zero-order valence-corrected chi connectivity index (χ0v) is 14.6. The van der Waals surface area contributed by atoms with Crippen LogP contribution in [0.25, 0.3) is 0 Å². The van der Waals surface area contributed by atoms with E-state index in [4.69, 9.17) is 4.74 Å². The number of nitrogens with one attached hydrogen (secondary N) is 2. The molecule has 2 heterocycles. The average molecular weight is 376 g/mol. The van der Waals surface area contributed by atoms with Gasteiger partial charge in [-0.2, -0.15) is 9.49 Å². The summed E-state index contributed by atoms with van der Waals surface area (Å²) in [5.41, 5.74) is 0.184. The highest BCUT2D eigenvalue weighted by Gasteiger charge is 2.54. The molecule has 1 aromatic carbocycles. The van der Waals surface area contributed by atoms with E-state index in [1.54, 1.807) is 4.90 Å². The smallest absolute Gasteiger partial charge is 0.266 e. The van der Waals surface area contributed by atoms with E-state index in [0.717, 1.165) is 18.9 Å². The molecule has 2 aromatic rings. The number of hydrogen-bond donors (Lipinski definition) is 2. The predicted octanol–water partition coefficient (Wildman–Crippen LogP) is 2.05. The quantitative estimate of drug-likeness (QED) is 0.853. The minimum atomic E-state index is -1.08. The molecule has 1 saturated heterocycles. The van der Waals surface area contributed by atoms with Crippen molar-refractivity contribution in [3.63, 3.8) is 0 Å². The second-order valence-corrected chi connectivity index (χ2v) is 7.08. The van der Waals surface area contributed by atoms with Crippen molar-refractivity contribution in [2.24, 2.45) is 5.41 Å². The van der Waals surface area contributed by atoms with Crippen molar-refractivity contribution in [2.45, 2.75) is 25.3 Å². The highest BCUT2D eigenvalue weighted by Crippen LogP contribution is 2.56. The summed E-state index contributed by atoms with van der Waals surface area (Å²) in [6.45, 7) is 0.556. The molecule has 1 amide bonds. The number of halogens is 2. The number of carbonyl (C=O) groups excluding carboxylic acids is 1. The third kappa shape index (κ3) is 3.13. The number of H-pyrrole nitrogens is 1. The fourth-order valence-electron chi connectivity index (χ4n) is 3.70. The summed E-state index contributed by atoms with van der Waals surface area (Å²) in [5.74, 6) is -2.64. The van der Waals surface area contributed by atoms with Gasteiger partial charge in [0, 0.05) is 12.6 Å². The SMILES string of the molecule is COc1c(N2CC3(CC3)CC2C(=O)Nc2cn[nH]c(=O)c2)ccc(F)c1F. The van der Waals surface area contributed by atoms with Crippen LogP contribution >= 0.6 is 0 Å². The lowest BCUT2D eigenvalue weighted by Gasteiger charge is -2.27. The molecule has 27 heavy (non-hydrogen) atoms. The summed E-state index contributed by atoms with van der Waals surface area (Å²) in [5, 5.41) is 8.57. The van der Waals surface area contributed by atoms with E-state index in [9.17, 15) is 18.4 Å². The van der Waals surface area contributed by atoms with E-state index in [-0.39, 0.29) is 22.8 Å². The average Bonchev–Trinajstić information content (AvgIpc) is 3.28. The molecule has 1 spiro atoms. The topological polar surface area (TPSA) is 87.3 Å². The number of amides is 1. The summed E-state index contributed by atoms with van der Waals surface area (Å²) in [6.07, 6.45) is 3.89. The van der Waals surface area contributed by atoms with Gasteiger partial charge in [-0.15, -0.1) is 0 Å². The standard InChI is InChI=1S/C18H18F2N4O3/c1-27-16-12(3-2-11(19)15(16)20)24-9-18(4-5-18)7-13(24)17(26)22-10-6-14(25)23-21-8-10/h2-3,6,8,13H,4-5,7,9H2,1H3,(H2,22,23,25,26). The lowest BCUT2D eigenvalue weighted by molar-refractivity contribution is -0.117. The summed E-state index contributed by atoms with van der Waals surface area (Å²) in [7, 11) is 1.27. The van der Waals surface area contributed by atoms with Crippen LogP contribution in [0.4, 0.5) is 20.2 Å². The Morgan fingerprint density at radius 2 is 2.19 bits per heavy atom. The number of rotatable bonds is 4. The maximum Gasteiger partial charge on any atom is 0.266 e. The molecule has 1 aliphatic heterocycles. The van der Waals surface area contributed by atoms with Crippen molar-refractivity contribution in [1.29, 1.82) is 0 Å². The third-order valence-electron chi connectivity index (χ3n) is 5.24. The summed E-state index contributed by atoms with van der Waals surface area (Å²) in [4.78, 5) is 26.0. The number of nitrogens with zero attached hydrogens (tertiary/aromatic N) is 2. The van der Waals surface area contributed by atoms with Gasteiger partial charge in [0.1, 0.15) is 6.04 Å². The Morgan fingerprint density at radius 1 is 1.41 bits per heavy atom. The fourth-order valence-corrected chi connectivity index (χ4v) is 3.70. The number of aromatic nitrogens is 2. The second kappa shape index (κ2) is 6.33. The molecule has 1 unspecified atom stereocenters. The molecule has 1 saturated carbocycles. The summed E-state index contributed by atoms with van der Waals surface area (Å²) >= 11 is 0. The Morgan fingerprint density at radius 3 is 2.85 bits per heavy atom. The van der Waals surface area contributed by atoms with E-state index in [1.165, 1.54) is 25.4 Å². The lowest BCUT2D eigenvalue weighted by Crippen LogP contribution is -2.40. The highest BCUT2D eigenvalue weighted by atomic mass is 19.2. The van der Waals surface area contributed by atoms with Crippen LogP contribution < -0.4 is 20.5 Å². The highest BCUT2D eigenvalue weighted by molar-refractivity contribution is 5.97. The van der Waals surface area contributed by atoms with Gasteiger partial charge in [0.25, 0.3) is 5.56 Å². The Kier molecular flexibility index (Phi) is 4.09. The van der Waals surface area contributed by atoms with E-state index in [0.29, 0.717) is 18.7 Å². The number of aromatic amines is 1. The van der Waals surface area contributed by atoms with Crippen molar-refractivity contribution in [1.82, 2.24) is 10.2 Å². The third-order valence-corrected chi connectivity index (χ3v) is 5.24. The van der Waals surface area contributed by atoms with Gasteiger partial charge in [-0.1, -0.05) is 0 Å². The molecule has 1 aromatic heterocycles. The largest absolute Gasteiger partial charge is 0.491 e. The predicted molar refractivity (Wildman–Crippen MR) is 93.8 cm³/mol. The zero-order valence-electron chi connectivity index (χ0n) is 14.6. The van der Waals surface area contributed by atoms with E-state index < -0.39 is 23.2 Å². The van der Waals surface area contributed by atoms with Crippen molar-refractivity contribution < 1.29 is 18.3 Å². The number of ether oxygens (including phenoxy) is 1. The van der Waals surface area contributed by atoms with Crippen LogP contribution in [0.2, 0.25) is 0 Å². The fraction of sp³-hybridized carbons (Fsp3) is 0.389. The summed E-state index contributed by atoms with van der Waals surface area (Å²) in [6, 6.07) is 3.09.